The van der Waals surface area contributed by atoms with Crippen LogP contribution in [0.15, 0.2) is 85.0 Å². The molecule has 0 saturated carbocycles. The molecule has 2 aromatic carbocycles. The molecule has 6 atom stereocenters. The first-order valence-corrected chi connectivity index (χ1v) is 16.1. The molecule has 2 aromatic rings. The van der Waals surface area contributed by atoms with Crippen LogP contribution in [0.5, 0.6) is 0 Å². The molecule has 0 aliphatic carbocycles. The van der Waals surface area contributed by atoms with Gasteiger partial charge in [0.25, 0.3) is 0 Å². The predicted octanol–water partition coefficient (Wildman–Crippen LogP) is 4.28. The minimum absolute atomic E-state index is 0.0599. The van der Waals surface area contributed by atoms with Crippen LogP contribution in [0.4, 0.5) is 0 Å². The van der Waals surface area contributed by atoms with Gasteiger partial charge in [-0.15, -0.1) is 11.8 Å². The maximum atomic E-state index is 14.8. The van der Waals surface area contributed by atoms with Crippen molar-refractivity contribution in [2.45, 2.75) is 61.9 Å². The maximum Gasteiger partial charge on any atom is 0.247 e. The summed E-state index contributed by atoms with van der Waals surface area (Å²) in [7, 11) is 0. The lowest BCUT2D eigenvalue weighted by molar-refractivity contribution is -0.147. The third-order valence-electron chi connectivity index (χ3n) is 9.44. The molecule has 8 heteroatoms. The molecule has 226 valence electrons. The van der Waals surface area contributed by atoms with E-state index in [0.29, 0.717) is 32.6 Å². The molecule has 3 amide bonds. The predicted molar refractivity (Wildman–Crippen MR) is 169 cm³/mol. The number of amides is 3. The summed E-state index contributed by atoms with van der Waals surface area (Å²) in [5.74, 6) is -1.54. The number of nitrogens with zero attached hydrogens (tertiary/aromatic N) is 3. The van der Waals surface area contributed by atoms with Gasteiger partial charge in [0.05, 0.1) is 29.2 Å². The number of hydrogen-bond donors (Lipinski definition) is 1. The van der Waals surface area contributed by atoms with Gasteiger partial charge in [-0.25, -0.2) is 0 Å². The van der Waals surface area contributed by atoms with Gasteiger partial charge < -0.3 is 19.8 Å². The summed E-state index contributed by atoms with van der Waals surface area (Å²) in [6, 6.07) is 18.5. The van der Waals surface area contributed by atoms with Gasteiger partial charge in [-0.3, -0.25) is 14.4 Å². The fraction of sp³-hybridized carbons (Fsp3) is 0.457. The van der Waals surface area contributed by atoms with Crippen LogP contribution in [0.2, 0.25) is 0 Å². The smallest absolute Gasteiger partial charge is 0.247 e. The number of hydrogen-bond acceptors (Lipinski definition) is 5. The first-order chi connectivity index (χ1) is 20.7. The van der Waals surface area contributed by atoms with Crippen molar-refractivity contribution in [2.24, 2.45) is 17.8 Å². The molecule has 4 aliphatic rings. The van der Waals surface area contributed by atoms with Gasteiger partial charge in [0.1, 0.15) is 6.04 Å². The highest BCUT2D eigenvalue weighted by molar-refractivity contribution is 8.02. The Hall–Kier alpha value is -3.36. The van der Waals surface area contributed by atoms with E-state index >= 15 is 0 Å². The molecule has 7 nitrogen and oxygen atoms in total. The van der Waals surface area contributed by atoms with Crippen molar-refractivity contribution in [1.29, 1.82) is 0 Å². The number of carbonyl (C=O) groups excluding carboxylic acids is 3. The zero-order chi connectivity index (χ0) is 30.4. The van der Waals surface area contributed by atoms with Crippen molar-refractivity contribution < 1.29 is 19.5 Å². The molecular formula is C35H41N3O4S. The van der Waals surface area contributed by atoms with Crippen LogP contribution >= 0.6 is 11.8 Å². The number of fused-ring (bicyclic) bond motifs is 2. The highest BCUT2D eigenvalue weighted by atomic mass is 32.2. The number of carbonyl (C=O) groups is 3. The monoisotopic (exact) mass is 599 g/mol. The fourth-order valence-corrected chi connectivity index (χ4v) is 9.81. The second-order valence-electron chi connectivity index (χ2n) is 12.9. The van der Waals surface area contributed by atoms with Crippen LogP contribution in [0.3, 0.4) is 0 Å². The Morgan fingerprint density at radius 2 is 1.37 bits per heavy atom. The summed E-state index contributed by atoms with van der Waals surface area (Å²) in [5, 5.41) is 10.6. The van der Waals surface area contributed by atoms with Crippen molar-refractivity contribution in [3.63, 3.8) is 0 Å². The van der Waals surface area contributed by atoms with E-state index in [2.05, 4.69) is 26.0 Å². The van der Waals surface area contributed by atoms with E-state index in [1.807, 2.05) is 89.5 Å². The minimum Gasteiger partial charge on any atom is -0.394 e. The summed E-state index contributed by atoms with van der Waals surface area (Å²) in [4.78, 5) is 49.3. The first kappa shape index (κ1) is 29.7. The largest absolute Gasteiger partial charge is 0.394 e. The van der Waals surface area contributed by atoms with Gasteiger partial charge in [0, 0.05) is 30.9 Å². The maximum absolute atomic E-state index is 14.8. The van der Waals surface area contributed by atoms with E-state index in [1.54, 1.807) is 16.7 Å². The Labute approximate surface area is 258 Å². The molecule has 1 spiro atoms. The van der Waals surface area contributed by atoms with Crippen LogP contribution in [0.25, 0.3) is 0 Å². The van der Waals surface area contributed by atoms with Gasteiger partial charge in [0.2, 0.25) is 17.7 Å². The number of thioether (sulfide) groups is 1. The topological polar surface area (TPSA) is 81.2 Å². The fourth-order valence-electron chi connectivity index (χ4n) is 7.66. The molecule has 0 bridgehead atoms. The molecule has 4 heterocycles. The van der Waals surface area contributed by atoms with Crippen LogP contribution in [0.1, 0.15) is 38.3 Å². The molecule has 43 heavy (non-hydrogen) atoms. The van der Waals surface area contributed by atoms with Crippen LogP contribution < -0.4 is 0 Å². The highest BCUT2D eigenvalue weighted by Gasteiger charge is 2.74. The van der Waals surface area contributed by atoms with E-state index in [0.717, 1.165) is 11.1 Å². The summed E-state index contributed by atoms with van der Waals surface area (Å²) in [5.41, 5.74) is 2.04. The lowest BCUT2D eigenvalue weighted by Crippen LogP contribution is -2.56. The molecule has 2 saturated heterocycles. The molecule has 1 unspecified atom stereocenters. The van der Waals surface area contributed by atoms with Crippen molar-refractivity contribution in [1.82, 2.24) is 14.7 Å². The lowest BCUT2D eigenvalue weighted by atomic mass is 9.74. The van der Waals surface area contributed by atoms with Crippen LogP contribution in [-0.4, -0.2) is 78.8 Å². The Balaban J connectivity index is 1.43. The summed E-state index contributed by atoms with van der Waals surface area (Å²) >= 11 is 1.59. The van der Waals surface area contributed by atoms with Gasteiger partial charge >= 0.3 is 0 Å². The van der Waals surface area contributed by atoms with Gasteiger partial charge in [-0.2, -0.15) is 0 Å². The van der Waals surface area contributed by atoms with E-state index in [-0.39, 0.29) is 30.2 Å². The highest BCUT2D eigenvalue weighted by Crippen LogP contribution is 2.66. The second-order valence-corrected chi connectivity index (χ2v) is 14.7. The quantitative estimate of drug-likeness (QED) is 0.459. The van der Waals surface area contributed by atoms with E-state index < -0.39 is 33.4 Å². The van der Waals surface area contributed by atoms with Crippen molar-refractivity contribution in [3.05, 3.63) is 96.1 Å². The Kier molecular flexibility index (Phi) is 8.03. The van der Waals surface area contributed by atoms with Gasteiger partial charge in [-0.05, 0) is 30.4 Å². The molecule has 1 N–H and O–H groups in total. The molecule has 2 fully saturated rings. The number of aliphatic hydroxyl groups excluding tert-OH is 1. The average Bonchev–Trinajstić information content (AvgIpc) is 3.28. The molecule has 4 aliphatic heterocycles. The lowest BCUT2D eigenvalue weighted by Gasteiger charge is -2.40. The minimum atomic E-state index is -0.931. The second kappa shape index (κ2) is 11.6. The molecular weight excluding hydrogens is 558 g/mol. The summed E-state index contributed by atoms with van der Waals surface area (Å²) in [6.07, 6.45) is 8.77. The summed E-state index contributed by atoms with van der Waals surface area (Å²) in [6.45, 7) is 7.69. The number of rotatable bonds is 8. The molecule has 6 rings (SSSR count). The summed E-state index contributed by atoms with van der Waals surface area (Å²) < 4.78 is -1.60. The third kappa shape index (κ3) is 5.12. The standard InChI is InChI=1S/C35H41N3O4S/c1-24(2)20-27(23-39)38-30-33(42)37(22-26-14-8-5-9-15-26)19-11-17-35(30)29(32(38)41)28-31(40)36(18-10-16-34(28,3)43-35)21-25-12-6-4-7-13-25/h4-17,24,27-30,39H,18-23H2,1-3H3/t27-,28-,29+,30?,34+,35+/m1/s1. The van der Waals surface area contributed by atoms with Gasteiger partial charge in [-0.1, -0.05) is 98.8 Å². The first-order valence-electron chi connectivity index (χ1n) is 15.3. The Bertz CT molecular complexity index is 1430. The van der Waals surface area contributed by atoms with Gasteiger partial charge in [0.15, 0.2) is 0 Å². The average molecular weight is 600 g/mol. The van der Waals surface area contributed by atoms with E-state index in [4.69, 9.17) is 0 Å². The number of benzene rings is 2. The third-order valence-corrected chi connectivity index (χ3v) is 11.2. The zero-order valence-electron chi connectivity index (χ0n) is 25.1. The van der Waals surface area contributed by atoms with Crippen molar-refractivity contribution in [2.75, 3.05) is 19.7 Å². The Morgan fingerprint density at radius 1 is 0.814 bits per heavy atom. The van der Waals surface area contributed by atoms with Crippen molar-refractivity contribution in [3.8, 4) is 0 Å². The normalized spacial score (nSPS) is 30.8. The SMILES string of the molecule is CC(C)C[C@H](CO)N1C(=O)[C@@H]2[C@@H]3C(=O)N(Cc4ccccc4)CC=C[C@]3(C)S[C@@]23C=CCN(Cc2ccccc2)C(=O)C13. The Morgan fingerprint density at radius 3 is 1.93 bits per heavy atom. The number of aliphatic hydroxyl groups is 1. The van der Waals surface area contributed by atoms with E-state index in [1.165, 1.54) is 0 Å². The molecule has 0 aromatic heterocycles. The van der Waals surface area contributed by atoms with Crippen LogP contribution in [0, 0.1) is 17.8 Å². The van der Waals surface area contributed by atoms with E-state index in [9.17, 15) is 19.5 Å². The molecule has 0 radical (unpaired) electrons. The number of likely N-dealkylation sites (tertiary alicyclic amines) is 1. The van der Waals surface area contributed by atoms with Crippen molar-refractivity contribution >= 4 is 29.5 Å². The van der Waals surface area contributed by atoms with Crippen LogP contribution in [-0.2, 0) is 27.5 Å². The zero-order valence-corrected chi connectivity index (χ0v) is 26.0.